The third kappa shape index (κ3) is 5.49. The predicted octanol–water partition coefficient (Wildman–Crippen LogP) is 5.15. The smallest absolute Gasteiger partial charge is 0.123 e. The number of halogens is 1. The summed E-state index contributed by atoms with van der Waals surface area (Å²) in [6.07, 6.45) is 6.21. The third-order valence-electron chi connectivity index (χ3n) is 5.54. The average Bonchev–Trinajstić information content (AvgIpc) is 2.73. The van der Waals surface area contributed by atoms with Crippen molar-refractivity contribution in [2.45, 2.75) is 43.5 Å². The number of piperidine rings is 1. The van der Waals surface area contributed by atoms with Gasteiger partial charge in [-0.15, -0.1) is 0 Å². The number of hydrogen-bond acceptors (Lipinski definition) is 4. The van der Waals surface area contributed by atoms with Gasteiger partial charge in [-0.1, -0.05) is 12.5 Å². The monoisotopic (exact) mass is 400 g/mol. The van der Waals surface area contributed by atoms with Crippen LogP contribution < -0.4 is 4.74 Å². The molecule has 1 fully saturated rings. The number of ether oxygens (including phenoxy) is 1. The molecule has 0 bridgehead atoms. The first-order chi connectivity index (χ1) is 13.8. The van der Waals surface area contributed by atoms with E-state index >= 15 is 0 Å². The van der Waals surface area contributed by atoms with Gasteiger partial charge in [-0.05, 0) is 98.2 Å². The Kier molecular flexibility index (Phi) is 6.89. The number of fused-ring (bicyclic) bond motifs is 1. The molecular weight excluding hydrogens is 371 g/mol. The first-order valence-corrected chi connectivity index (χ1v) is 11.2. The van der Waals surface area contributed by atoms with Gasteiger partial charge in [0.25, 0.3) is 0 Å². The standard InChI is InChI=1S/C23H29FN2OS/c24-21-6-9-23(10-7-21)28-26-15-11-19-5-8-22(17-20(19)18-26)27-16-4-14-25-12-2-1-3-13-25/h5-10,17H,1-4,11-16,18H2. The minimum absolute atomic E-state index is 0.185. The fraction of sp³-hybridized carbons (Fsp3) is 0.478. The van der Waals surface area contributed by atoms with Gasteiger partial charge in [0.05, 0.1) is 6.61 Å². The zero-order chi connectivity index (χ0) is 19.2. The van der Waals surface area contributed by atoms with Crippen molar-refractivity contribution in [2.24, 2.45) is 0 Å². The van der Waals surface area contributed by atoms with Gasteiger partial charge in [0, 0.05) is 24.5 Å². The van der Waals surface area contributed by atoms with Crippen molar-refractivity contribution >= 4 is 11.9 Å². The number of benzene rings is 2. The molecule has 0 aromatic heterocycles. The molecule has 0 N–H and O–H groups in total. The number of likely N-dealkylation sites (tertiary alicyclic amines) is 1. The molecule has 0 radical (unpaired) electrons. The molecule has 0 amide bonds. The summed E-state index contributed by atoms with van der Waals surface area (Å²) in [7, 11) is 0. The Bertz CT molecular complexity index is 762. The van der Waals surface area contributed by atoms with Gasteiger partial charge in [-0.3, -0.25) is 0 Å². The maximum atomic E-state index is 13.1. The Balaban J connectivity index is 1.27. The summed E-state index contributed by atoms with van der Waals surface area (Å²) < 4.78 is 21.5. The number of nitrogens with zero attached hydrogens (tertiary/aromatic N) is 2. The molecule has 2 aliphatic heterocycles. The summed E-state index contributed by atoms with van der Waals surface area (Å²) in [6, 6.07) is 13.3. The molecule has 1 saturated heterocycles. The Labute approximate surface area is 172 Å². The quantitative estimate of drug-likeness (QED) is 0.472. The highest BCUT2D eigenvalue weighted by molar-refractivity contribution is 7.97. The van der Waals surface area contributed by atoms with E-state index in [2.05, 4.69) is 27.4 Å². The van der Waals surface area contributed by atoms with Crippen molar-refractivity contribution in [3.05, 3.63) is 59.4 Å². The molecule has 5 heteroatoms. The lowest BCUT2D eigenvalue weighted by Gasteiger charge is -2.28. The van der Waals surface area contributed by atoms with Crippen LogP contribution in [0.2, 0.25) is 0 Å². The molecule has 2 aliphatic rings. The maximum Gasteiger partial charge on any atom is 0.123 e. The first kappa shape index (κ1) is 19.7. The van der Waals surface area contributed by atoms with Crippen LogP contribution in [0.4, 0.5) is 4.39 Å². The molecule has 0 saturated carbocycles. The Morgan fingerprint density at radius 3 is 2.57 bits per heavy atom. The van der Waals surface area contributed by atoms with E-state index in [9.17, 15) is 4.39 Å². The van der Waals surface area contributed by atoms with E-state index in [0.717, 1.165) is 49.7 Å². The van der Waals surface area contributed by atoms with Crippen molar-refractivity contribution in [1.82, 2.24) is 9.21 Å². The van der Waals surface area contributed by atoms with E-state index in [4.69, 9.17) is 4.74 Å². The van der Waals surface area contributed by atoms with Crippen LogP contribution in [0.5, 0.6) is 5.75 Å². The summed E-state index contributed by atoms with van der Waals surface area (Å²) in [4.78, 5) is 3.64. The van der Waals surface area contributed by atoms with Crippen molar-refractivity contribution in [1.29, 1.82) is 0 Å². The van der Waals surface area contributed by atoms with Crippen LogP contribution in [0.3, 0.4) is 0 Å². The molecule has 2 aromatic carbocycles. The zero-order valence-corrected chi connectivity index (χ0v) is 17.2. The Hall–Kier alpha value is -1.56. The lowest BCUT2D eigenvalue weighted by atomic mass is 10.0. The largest absolute Gasteiger partial charge is 0.494 e. The summed E-state index contributed by atoms with van der Waals surface area (Å²) in [5.41, 5.74) is 2.76. The minimum Gasteiger partial charge on any atom is -0.494 e. The lowest BCUT2D eigenvalue weighted by molar-refractivity contribution is 0.205. The fourth-order valence-corrected chi connectivity index (χ4v) is 4.92. The predicted molar refractivity (Wildman–Crippen MR) is 113 cm³/mol. The molecule has 0 aliphatic carbocycles. The van der Waals surface area contributed by atoms with Gasteiger partial charge < -0.3 is 9.64 Å². The van der Waals surface area contributed by atoms with Crippen molar-refractivity contribution in [3.63, 3.8) is 0 Å². The summed E-state index contributed by atoms with van der Waals surface area (Å²) in [5, 5.41) is 0. The maximum absolute atomic E-state index is 13.1. The molecule has 3 nitrogen and oxygen atoms in total. The van der Waals surface area contributed by atoms with Crippen LogP contribution in [0.25, 0.3) is 0 Å². The minimum atomic E-state index is -0.185. The second-order valence-electron chi connectivity index (χ2n) is 7.69. The zero-order valence-electron chi connectivity index (χ0n) is 16.4. The lowest BCUT2D eigenvalue weighted by Crippen LogP contribution is -2.31. The molecule has 4 rings (SSSR count). The van der Waals surface area contributed by atoms with E-state index in [1.807, 2.05) is 12.1 Å². The number of rotatable bonds is 7. The molecule has 0 unspecified atom stereocenters. The van der Waals surface area contributed by atoms with Crippen LogP contribution in [0.15, 0.2) is 47.4 Å². The second kappa shape index (κ2) is 9.77. The summed E-state index contributed by atoms with van der Waals surface area (Å²) in [5.74, 6) is 0.793. The van der Waals surface area contributed by atoms with E-state index in [-0.39, 0.29) is 5.82 Å². The van der Waals surface area contributed by atoms with E-state index in [1.165, 1.54) is 55.6 Å². The second-order valence-corrected chi connectivity index (χ2v) is 8.86. The average molecular weight is 401 g/mol. The first-order valence-electron chi connectivity index (χ1n) is 10.4. The van der Waals surface area contributed by atoms with Gasteiger partial charge in [0.1, 0.15) is 11.6 Å². The highest BCUT2D eigenvalue weighted by Gasteiger charge is 2.18. The van der Waals surface area contributed by atoms with Crippen LogP contribution in [-0.2, 0) is 13.0 Å². The molecule has 2 heterocycles. The molecule has 0 spiro atoms. The fourth-order valence-electron chi connectivity index (χ4n) is 3.98. The molecule has 2 aromatic rings. The molecule has 0 atom stereocenters. The third-order valence-corrected chi connectivity index (χ3v) is 6.59. The van der Waals surface area contributed by atoms with Gasteiger partial charge in [-0.2, -0.15) is 0 Å². The van der Waals surface area contributed by atoms with Crippen molar-refractivity contribution in [2.75, 3.05) is 32.8 Å². The summed E-state index contributed by atoms with van der Waals surface area (Å²) >= 11 is 1.70. The van der Waals surface area contributed by atoms with E-state index < -0.39 is 0 Å². The normalized spacial score (nSPS) is 18.0. The van der Waals surface area contributed by atoms with E-state index in [1.54, 1.807) is 11.9 Å². The highest BCUT2D eigenvalue weighted by atomic mass is 32.2. The highest BCUT2D eigenvalue weighted by Crippen LogP contribution is 2.31. The van der Waals surface area contributed by atoms with Gasteiger partial charge in [0.15, 0.2) is 0 Å². The van der Waals surface area contributed by atoms with Crippen LogP contribution >= 0.6 is 11.9 Å². The Morgan fingerprint density at radius 2 is 1.75 bits per heavy atom. The van der Waals surface area contributed by atoms with Crippen LogP contribution in [0.1, 0.15) is 36.8 Å². The van der Waals surface area contributed by atoms with Gasteiger partial charge in [-0.25, -0.2) is 8.70 Å². The number of hydrogen-bond donors (Lipinski definition) is 0. The molecule has 28 heavy (non-hydrogen) atoms. The van der Waals surface area contributed by atoms with Gasteiger partial charge >= 0.3 is 0 Å². The SMILES string of the molecule is Fc1ccc(SN2CCc3ccc(OCCCN4CCCCC4)cc3C2)cc1. The van der Waals surface area contributed by atoms with Gasteiger partial charge in [0.2, 0.25) is 0 Å². The molecule has 150 valence electrons. The van der Waals surface area contributed by atoms with E-state index in [0.29, 0.717) is 0 Å². The van der Waals surface area contributed by atoms with Crippen molar-refractivity contribution < 1.29 is 9.13 Å². The Morgan fingerprint density at radius 1 is 0.929 bits per heavy atom. The van der Waals surface area contributed by atoms with Crippen molar-refractivity contribution in [3.8, 4) is 5.75 Å². The summed E-state index contributed by atoms with van der Waals surface area (Å²) in [6.45, 7) is 6.32. The topological polar surface area (TPSA) is 15.7 Å². The van der Waals surface area contributed by atoms with Crippen LogP contribution in [-0.4, -0.2) is 42.0 Å². The van der Waals surface area contributed by atoms with Crippen LogP contribution in [0, 0.1) is 5.82 Å². The molecular formula is C23H29FN2OS.